The van der Waals surface area contributed by atoms with Crippen LogP contribution in [0.15, 0.2) is 0 Å². The highest BCUT2D eigenvalue weighted by molar-refractivity contribution is 5.81. The Kier molecular flexibility index (Phi) is 7.08. The van der Waals surface area contributed by atoms with Gasteiger partial charge in [-0.3, -0.25) is 9.69 Å². The van der Waals surface area contributed by atoms with Crippen molar-refractivity contribution in [2.75, 3.05) is 46.0 Å². The monoisotopic (exact) mass is 313 g/mol. The predicted molar refractivity (Wildman–Crippen MR) is 85.5 cm³/mol. The van der Waals surface area contributed by atoms with Gasteiger partial charge in [0.2, 0.25) is 5.91 Å². The molecule has 2 heterocycles. The van der Waals surface area contributed by atoms with Gasteiger partial charge >= 0.3 is 0 Å². The van der Waals surface area contributed by atoms with E-state index in [2.05, 4.69) is 24.1 Å². The van der Waals surface area contributed by atoms with Crippen LogP contribution in [0.2, 0.25) is 0 Å². The summed E-state index contributed by atoms with van der Waals surface area (Å²) in [5.74, 6) is 0.824. The third-order valence-electron chi connectivity index (χ3n) is 4.43. The Hall–Kier alpha value is -0.690. The maximum absolute atomic E-state index is 12.2. The minimum Gasteiger partial charge on any atom is -0.381 e. The zero-order chi connectivity index (χ0) is 15.9. The quantitative estimate of drug-likeness (QED) is 0.733. The van der Waals surface area contributed by atoms with Crippen LogP contribution in [0.3, 0.4) is 0 Å². The molecule has 2 unspecified atom stereocenters. The number of morpholine rings is 1. The fourth-order valence-electron chi connectivity index (χ4n) is 3.21. The van der Waals surface area contributed by atoms with Crippen molar-refractivity contribution < 1.29 is 14.3 Å². The van der Waals surface area contributed by atoms with Crippen LogP contribution in [0, 0.1) is 11.8 Å². The Morgan fingerprint density at radius 2 is 2.05 bits per heavy atom. The van der Waals surface area contributed by atoms with Crippen LogP contribution in [0.25, 0.3) is 0 Å². The lowest BCUT2D eigenvalue weighted by atomic mass is 9.92. The van der Waals surface area contributed by atoms with E-state index in [1.807, 2.05) is 0 Å². The molecule has 6 heteroatoms. The van der Waals surface area contributed by atoms with E-state index in [4.69, 9.17) is 15.2 Å². The molecule has 6 nitrogen and oxygen atoms in total. The molecule has 0 radical (unpaired) electrons. The lowest BCUT2D eigenvalue weighted by Gasteiger charge is -2.34. The summed E-state index contributed by atoms with van der Waals surface area (Å²) in [5.41, 5.74) is 6.08. The molecule has 0 aromatic heterocycles. The number of nitrogens with one attached hydrogen (secondary N) is 1. The van der Waals surface area contributed by atoms with Gasteiger partial charge < -0.3 is 20.5 Å². The maximum Gasteiger partial charge on any atom is 0.237 e. The third kappa shape index (κ3) is 5.50. The normalized spacial score (nSPS) is 26.1. The number of carbonyl (C=O) groups excluding carboxylic acids is 1. The van der Waals surface area contributed by atoms with Crippen LogP contribution < -0.4 is 11.1 Å². The van der Waals surface area contributed by atoms with Gasteiger partial charge in [0.15, 0.2) is 0 Å². The van der Waals surface area contributed by atoms with Crippen molar-refractivity contribution in [3.8, 4) is 0 Å². The van der Waals surface area contributed by atoms with E-state index in [1.165, 1.54) is 0 Å². The number of hydrogen-bond acceptors (Lipinski definition) is 5. The predicted octanol–water partition coefficient (Wildman–Crippen LogP) is 0.213. The molecule has 0 spiro atoms. The molecule has 128 valence electrons. The van der Waals surface area contributed by atoms with Crippen molar-refractivity contribution in [1.82, 2.24) is 10.2 Å². The second-order valence-corrected chi connectivity index (χ2v) is 6.87. The molecule has 2 rings (SSSR count). The highest BCUT2D eigenvalue weighted by atomic mass is 16.5. The van der Waals surface area contributed by atoms with E-state index in [9.17, 15) is 4.79 Å². The summed E-state index contributed by atoms with van der Waals surface area (Å²) >= 11 is 0. The highest BCUT2D eigenvalue weighted by Gasteiger charge is 2.27. The van der Waals surface area contributed by atoms with Gasteiger partial charge in [0.25, 0.3) is 0 Å². The van der Waals surface area contributed by atoms with Crippen LogP contribution in [-0.4, -0.2) is 69.0 Å². The Morgan fingerprint density at radius 3 is 2.73 bits per heavy atom. The number of nitrogens with two attached hydrogens (primary N) is 1. The van der Waals surface area contributed by atoms with E-state index in [-0.39, 0.29) is 17.9 Å². The van der Waals surface area contributed by atoms with Crippen LogP contribution in [0.4, 0.5) is 0 Å². The molecule has 22 heavy (non-hydrogen) atoms. The zero-order valence-electron chi connectivity index (χ0n) is 13.9. The minimum absolute atomic E-state index is 0.0588. The molecular formula is C16H31N3O3. The van der Waals surface area contributed by atoms with Crippen molar-refractivity contribution in [1.29, 1.82) is 0 Å². The fourth-order valence-corrected chi connectivity index (χ4v) is 3.21. The Labute approximate surface area is 133 Å². The Morgan fingerprint density at radius 1 is 1.32 bits per heavy atom. The molecule has 0 bridgehead atoms. The summed E-state index contributed by atoms with van der Waals surface area (Å²) in [7, 11) is 0. The van der Waals surface area contributed by atoms with Gasteiger partial charge in [-0.1, -0.05) is 13.8 Å². The van der Waals surface area contributed by atoms with E-state index in [1.54, 1.807) is 0 Å². The third-order valence-corrected chi connectivity index (χ3v) is 4.43. The number of hydrogen-bond donors (Lipinski definition) is 2. The van der Waals surface area contributed by atoms with E-state index in [0.717, 1.165) is 39.1 Å². The van der Waals surface area contributed by atoms with Crippen molar-refractivity contribution in [2.45, 2.75) is 38.8 Å². The second kappa shape index (κ2) is 8.82. The molecule has 0 aromatic carbocycles. The topological polar surface area (TPSA) is 76.8 Å². The Bertz CT molecular complexity index is 346. The van der Waals surface area contributed by atoms with Gasteiger partial charge in [0, 0.05) is 39.4 Å². The van der Waals surface area contributed by atoms with Gasteiger partial charge in [-0.2, -0.15) is 0 Å². The molecule has 2 fully saturated rings. The smallest absolute Gasteiger partial charge is 0.237 e. The lowest BCUT2D eigenvalue weighted by molar-refractivity contribution is -0.125. The number of amides is 1. The fraction of sp³-hybridized carbons (Fsp3) is 0.938. The van der Waals surface area contributed by atoms with E-state index in [0.29, 0.717) is 25.7 Å². The molecular weight excluding hydrogens is 282 g/mol. The van der Waals surface area contributed by atoms with Crippen molar-refractivity contribution in [3.63, 3.8) is 0 Å². The molecule has 3 N–H and O–H groups in total. The van der Waals surface area contributed by atoms with Crippen LogP contribution in [0.5, 0.6) is 0 Å². The largest absolute Gasteiger partial charge is 0.381 e. The standard InChI is InChI=1S/C16H31N3O3/c1-12(2)10-19-5-8-22-14(11-19)9-18-16(20)15(17)13-3-6-21-7-4-13/h12-15H,3-11,17H2,1-2H3,(H,18,20). The molecule has 1 amide bonds. The van der Waals surface area contributed by atoms with Crippen molar-refractivity contribution in [3.05, 3.63) is 0 Å². The number of ether oxygens (including phenoxy) is 2. The minimum atomic E-state index is -0.431. The Balaban J connectivity index is 1.70. The summed E-state index contributed by atoms with van der Waals surface area (Å²) < 4.78 is 11.1. The summed E-state index contributed by atoms with van der Waals surface area (Å²) in [5, 5.41) is 2.97. The highest BCUT2D eigenvalue weighted by Crippen LogP contribution is 2.17. The molecule has 0 saturated carbocycles. The van der Waals surface area contributed by atoms with Gasteiger partial charge in [-0.15, -0.1) is 0 Å². The molecule has 2 saturated heterocycles. The first kappa shape index (κ1) is 17.7. The average Bonchev–Trinajstić information content (AvgIpc) is 2.52. The summed E-state index contributed by atoms with van der Waals surface area (Å²) in [6.07, 6.45) is 1.81. The number of rotatable bonds is 6. The van der Waals surface area contributed by atoms with Gasteiger partial charge in [-0.25, -0.2) is 0 Å². The summed E-state index contributed by atoms with van der Waals surface area (Å²) in [6, 6.07) is -0.431. The van der Waals surface area contributed by atoms with Crippen LogP contribution in [-0.2, 0) is 14.3 Å². The van der Waals surface area contributed by atoms with Crippen LogP contribution >= 0.6 is 0 Å². The molecule has 2 atom stereocenters. The van der Waals surface area contributed by atoms with Gasteiger partial charge in [-0.05, 0) is 24.7 Å². The average molecular weight is 313 g/mol. The van der Waals surface area contributed by atoms with E-state index < -0.39 is 6.04 Å². The lowest BCUT2D eigenvalue weighted by Crippen LogP contribution is -2.52. The molecule has 0 aromatic rings. The molecule has 0 aliphatic carbocycles. The zero-order valence-corrected chi connectivity index (χ0v) is 13.9. The SMILES string of the molecule is CC(C)CN1CCOC(CNC(=O)C(N)C2CCOCC2)C1. The number of nitrogens with zero attached hydrogens (tertiary/aromatic N) is 1. The summed E-state index contributed by atoms with van der Waals surface area (Å²) in [4.78, 5) is 14.6. The van der Waals surface area contributed by atoms with E-state index >= 15 is 0 Å². The first-order valence-electron chi connectivity index (χ1n) is 8.51. The first-order valence-corrected chi connectivity index (χ1v) is 8.51. The van der Waals surface area contributed by atoms with Crippen molar-refractivity contribution >= 4 is 5.91 Å². The molecule has 2 aliphatic rings. The summed E-state index contributed by atoms with van der Waals surface area (Å²) in [6.45, 7) is 10.1. The van der Waals surface area contributed by atoms with Gasteiger partial charge in [0.05, 0.1) is 18.8 Å². The van der Waals surface area contributed by atoms with Crippen molar-refractivity contribution in [2.24, 2.45) is 17.6 Å². The molecule has 2 aliphatic heterocycles. The second-order valence-electron chi connectivity index (χ2n) is 6.87. The van der Waals surface area contributed by atoms with Crippen LogP contribution in [0.1, 0.15) is 26.7 Å². The first-order chi connectivity index (χ1) is 10.6. The van der Waals surface area contributed by atoms with Gasteiger partial charge in [0.1, 0.15) is 0 Å². The number of carbonyl (C=O) groups is 1. The maximum atomic E-state index is 12.2.